The minimum absolute atomic E-state index is 0.0451. The molecule has 2 aliphatic rings. The molecule has 1 aliphatic carbocycles. The van der Waals surface area contributed by atoms with E-state index < -0.39 is 0 Å². The van der Waals surface area contributed by atoms with Crippen molar-refractivity contribution in [2.24, 2.45) is 0 Å². The quantitative estimate of drug-likeness (QED) is 0.730. The van der Waals surface area contributed by atoms with Crippen LogP contribution in [0.3, 0.4) is 0 Å². The van der Waals surface area contributed by atoms with Gasteiger partial charge in [-0.3, -0.25) is 9.80 Å². The monoisotopic (exact) mass is 427 g/mol. The van der Waals surface area contributed by atoms with Crippen molar-refractivity contribution in [3.05, 3.63) is 41.6 Å². The lowest BCUT2D eigenvalue weighted by Crippen LogP contribution is -2.49. The molecule has 30 heavy (non-hydrogen) atoms. The first kappa shape index (κ1) is 20.9. The Bertz CT molecular complexity index is 901. The molecular weight excluding hydrogens is 398 g/mol. The summed E-state index contributed by atoms with van der Waals surface area (Å²) < 4.78 is 0. The lowest BCUT2D eigenvalue weighted by atomic mass is 9.93. The van der Waals surface area contributed by atoms with Crippen LogP contribution in [0.25, 0.3) is 0 Å². The van der Waals surface area contributed by atoms with Crippen LogP contribution in [-0.2, 0) is 6.54 Å². The Hall–Kier alpha value is -2.32. The highest BCUT2D eigenvalue weighted by Crippen LogP contribution is 2.32. The van der Waals surface area contributed by atoms with Crippen molar-refractivity contribution >= 4 is 35.2 Å². The molecule has 2 N–H and O–H groups in total. The van der Waals surface area contributed by atoms with Gasteiger partial charge in [0, 0.05) is 35.8 Å². The van der Waals surface area contributed by atoms with Gasteiger partial charge in [0.25, 0.3) is 0 Å². The Labute approximate surface area is 181 Å². The van der Waals surface area contributed by atoms with Gasteiger partial charge in [0.1, 0.15) is 5.82 Å². The number of carbonyl (C=O) groups is 1. The van der Waals surface area contributed by atoms with Crippen LogP contribution in [0.15, 0.2) is 30.5 Å². The van der Waals surface area contributed by atoms with Crippen molar-refractivity contribution in [2.75, 3.05) is 33.7 Å². The predicted octanol–water partition coefficient (Wildman–Crippen LogP) is 3.81. The zero-order valence-corrected chi connectivity index (χ0v) is 18.4. The van der Waals surface area contributed by atoms with E-state index in [0.717, 1.165) is 48.3 Å². The van der Waals surface area contributed by atoms with E-state index in [1.54, 1.807) is 16.7 Å². The molecule has 2 amide bonds. The Morgan fingerprint density at radius 1 is 1.23 bits per heavy atom. The number of nitrogens with one attached hydrogen (secondary N) is 1. The number of urea groups is 1. The number of hydrogen-bond acceptors (Lipinski definition) is 6. The average Bonchev–Trinajstić information content (AvgIpc) is 2.75. The molecule has 0 spiro atoms. The Morgan fingerprint density at radius 3 is 2.73 bits per heavy atom. The van der Waals surface area contributed by atoms with Crippen molar-refractivity contribution in [3.63, 3.8) is 0 Å². The van der Waals surface area contributed by atoms with Crippen LogP contribution in [0.4, 0.5) is 22.2 Å². The van der Waals surface area contributed by atoms with Crippen LogP contribution in [0.1, 0.15) is 36.8 Å². The number of thioether (sulfide) groups is 1. The van der Waals surface area contributed by atoms with E-state index in [9.17, 15) is 9.90 Å². The zero-order valence-electron chi connectivity index (χ0n) is 17.5. The SMILES string of the molecule is CSCCN1C(=O)N(c2ccccc2C)Cc2cnc(NC3CCC(O)CC3)nc21. The number of aliphatic hydroxyl groups is 1. The summed E-state index contributed by atoms with van der Waals surface area (Å²) in [5, 5.41) is 13.1. The second-order valence-electron chi connectivity index (χ2n) is 7.99. The fraction of sp³-hybridized carbons (Fsp3) is 0.500. The summed E-state index contributed by atoms with van der Waals surface area (Å²) in [5.41, 5.74) is 2.94. The van der Waals surface area contributed by atoms with E-state index in [-0.39, 0.29) is 18.2 Å². The molecule has 0 atom stereocenters. The third-order valence-corrected chi connectivity index (χ3v) is 6.43. The number of aliphatic hydroxyl groups excluding tert-OH is 1. The van der Waals surface area contributed by atoms with Gasteiger partial charge in [-0.1, -0.05) is 18.2 Å². The van der Waals surface area contributed by atoms with Crippen molar-refractivity contribution in [2.45, 2.75) is 51.3 Å². The van der Waals surface area contributed by atoms with Crippen LogP contribution in [0.5, 0.6) is 0 Å². The summed E-state index contributed by atoms with van der Waals surface area (Å²) in [6.45, 7) is 3.08. The number of aryl methyl sites for hydroxylation is 1. The molecular formula is C22H29N5O2S. The number of para-hydroxylation sites is 1. The van der Waals surface area contributed by atoms with Crippen LogP contribution in [0.2, 0.25) is 0 Å². The Balaban J connectivity index is 1.61. The number of hydrogen-bond donors (Lipinski definition) is 2. The molecule has 0 unspecified atom stereocenters. The Kier molecular flexibility index (Phi) is 6.43. The topological polar surface area (TPSA) is 81.6 Å². The molecule has 0 bridgehead atoms. The van der Waals surface area contributed by atoms with Crippen molar-refractivity contribution < 1.29 is 9.90 Å². The van der Waals surface area contributed by atoms with Crippen LogP contribution >= 0.6 is 11.8 Å². The van der Waals surface area contributed by atoms with Gasteiger partial charge in [0.15, 0.2) is 0 Å². The molecule has 2 aromatic rings. The van der Waals surface area contributed by atoms with Gasteiger partial charge in [0.2, 0.25) is 5.95 Å². The normalized spacial score (nSPS) is 21.5. The first-order chi connectivity index (χ1) is 14.6. The van der Waals surface area contributed by atoms with Gasteiger partial charge >= 0.3 is 6.03 Å². The molecule has 4 rings (SSSR count). The van der Waals surface area contributed by atoms with Gasteiger partial charge < -0.3 is 10.4 Å². The number of carbonyl (C=O) groups excluding carboxylic acids is 1. The highest BCUT2D eigenvalue weighted by atomic mass is 32.2. The summed E-state index contributed by atoms with van der Waals surface area (Å²) in [4.78, 5) is 26.3. The number of aromatic nitrogens is 2. The minimum atomic E-state index is -0.195. The van der Waals surface area contributed by atoms with Crippen LogP contribution in [0, 0.1) is 6.92 Å². The summed E-state index contributed by atoms with van der Waals surface area (Å²) in [7, 11) is 0. The molecule has 0 radical (unpaired) electrons. The van der Waals surface area contributed by atoms with Gasteiger partial charge in [0.05, 0.1) is 12.6 Å². The zero-order chi connectivity index (χ0) is 21.1. The standard InChI is InChI=1S/C22H29N5O2S/c1-15-5-3-4-6-19(15)27-14-16-13-23-21(24-17-7-9-18(28)10-8-17)25-20(16)26(22(27)29)11-12-30-2/h3-6,13,17-18,28H,7-12,14H2,1-2H3,(H,23,24,25). The third kappa shape index (κ3) is 4.39. The van der Waals surface area contributed by atoms with Crippen molar-refractivity contribution in [1.29, 1.82) is 0 Å². The van der Waals surface area contributed by atoms with Crippen LogP contribution < -0.4 is 15.1 Å². The van der Waals surface area contributed by atoms with E-state index in [4.69, 9.17) is 4.98 Å². The molecule has 1 aromatic heterocycles. The maximum atomic E-state index is 13.4. The van der Waals surface area contributed by atoms with Gasteiger partial charge in [-0.2, -0.15) is 16.7 Å². The number of anilines is 3. The van der Waals surface area contributed by atoms with Gasteiger partial charge in [-0.05, 0) is 50.5 Å². The van der Waals surface area contributed by atoms with Crippen molar-refractivity contribution in [1.82, 2.24) is 9.97 Å². The highest BCUT2D eigenvalue weighted by Gasteiger charge is 2.33. The van der Waals surface area contributed by atoms with E-state index in [1.165, 1.54) is 0 Å². The van der Waals surface area contributed by atoms with Gasteiger partial charge in [-0.25, -0.2) is 9.78 Å². The maximum Gasteiger partial charge on any atom is 0.330 e. The first-order valence-electron chi connectivity index (χ1n) is 10.5. The Morgan fingerprint density at radius 2 is 2.00 bits per heavy atom. The smallest absolute Gasteiger partial charge is 0.330 e. The van der Waals surface area contributed by atoms with E-state index in [2.05, 4.69) is 10.3 Å². The van der Waals surface area contributed by atoms with Crippen molar-refractivity contribution in [3.8, 4) is 0 Å². The summed E-state index contributed by atoms with van der Waals surface area (Å²) in [6.07, 6.45) is 7.08. The number of amides is 2. The molecule has 2 heterocycles. The predicted molar refractivity (Wildman–Crippen MR) is 122 cm³/mol. The van der Waals surface area contributed by atoms with E-state index in [0.29, 0.717) is 24.9 Å². The van der Waals surface area contributed by atoms with Gasteiger partial charge in [-0.15, -0.1) is 0 Å². The number of rotatable bonds is 6. The second kappa shape index (κ2) is 9.22. The summed E-state index contributed by atoms with van der Waals surface area (Å²) >= 11 is 1.71. The lowest BCUT2D eigenvalue weighted by Gasteiger charge is -2.37. The largest absolute Gasteiger partial charge is 0.393 e. The summed E-state index contributed by atoms with van der Waals surface area (Å²) in [6, 6.07) is 8.17. The number of fused-ring (bicyclic) bond motifs is 1. The molecule has 1 fully saturated rings. The maximum absolute atomic E-state index is 13.4. The molecule has 0 saturated heterocycles. The minimum Gasteiger partial charge on any atom is -0.393 e. The fourth-order valence-corrected chi connectivity index (χ4v) is 4.49. The fourth-order valence-electron chi connectivity index (χ4n) is 4.13. The molecule has 8 heteroatoms. The highest BCUT2D eigenvalue weighted by molar-refractivity contribution is 7.98. The second-order valence-corrected chi connectivity index (χ2v) is 8.98. The van der Waals surface area contributed by atoms with E-state index in [1.807, 2.05) is 48.5 Å². The lowest BCUT2D eigenvalue weighted by molar-refractivity contribution is 0.126. The molecule has 160 valence electrons. The van der Waals surface area contributed by atoms with E-state index >= 15 is 0 Å². The van der Waals surface area contributed by atoms with Crippen LogP contribution in [-0.4, -0.2) is 51.8 Å². The third-order valence-electron chi connectivity index (χ3n) is 5.84. The number of benzene rings is 1. The number of nitrogens with zero attached hydrogens (tertiary/aromatic N) is 4. The molecule has 1 aromatic carbocycles. The molecule has 7 nitrogen and oxygen atoms in total. The first-order valence-corrected chi connectivity index (χ1v) is 11.9. The molecule has 1 aliphatic heterocycles. The summed E-state index contributed by atoms with van der Waals surface area (Å²) in [5.74, 6) is 2.09. The average molecular weight is 428 g/mol. The molecule has 1 saturated carbocycles.